The molecule has 1 atom stereocenters. The van der Waals surface area contributed by atoms with Gasteiger partial charge in [-0.15, -0.1) is 0 Å². The second kappa shape index (κ2) is 15.9. The Balaban J connectivity index is 1.36. The Labute approximate surface area is 370 Å². The van der Waals surface area contributed by atoms with E-state index in [2.05, 4.69) is 194 Å². The molecule has 0 saturated heterocycles. The number of ether oxygens (including phenoxy) is 1. The molecule has 0 aromatic heterocycles. The third-order valence-electron chi connectivity index (χ3n) is 11.9. The molecule has 2 aliphatic heterocycles. The molecule has 0 amide bonds. The number of hydrogen-bond acceptors (Lipinski definition) is 5. The summed E-state index contributed by atoms with van der Waals surface area (Å²) in [6.45, 7) is 4.59. The van der Waals surface area contributed by atoms with Crippen LogP contribution in [0.5, 0.6) is 11.5 Å². The van der Waals surface area contributed by atoms with Crippen LogP contribution in [-0.2, 0) is 34.1 Å². The van der Waals surface area contributed by atoms with Gasteiger partial charge < -0.3 is 0 Å². The van der Waals surface area contributed by atoms with Gasteiger partial charge in [0.1, 0.15) is 0 Å². The van der Waals surface area contributed by atoms with Crippen LogP contribution in [0.15, 0.2) is 206 Å². The fourth-order valence-electron chi connectivity index (χ4n) is 9.24. The molecule has 5 nitrogen and oxygen atoms in total. The Kier molecular flexibility index (Phi) is 10.4. The molecule has 0 fully saturated rings. The Morgan fingerprint density at radius 1 is 0.565 bits per heavy atom. The molecule has 9 heteroatoms. The summed E-state index contributed by atoms with van der Waals surface area (Å²) in [7, 11) is -3.10. The van der Waals surface area contributed by atoms with E-state index in [9.17, 15) is 8.42 Å². The first kappa shape index (κ1) is 40.8. The van der Waals surface area contributed by atoms with E-state index in [1.165, 1.54) is 16.9 Å². The van der Waals surface area contributed by atoms with E-state index in [1.54, 1.807) is 0 Å². The third kappa shape index (κ3) is 6.37. The number of anilines is 1. The zero-order valence-electron chi connectivity index (χ0n) is 34.9. The molecular weight excluding hydrogens is 915 g/mol. The van der Waals surface area contributed by atoms with Gasteiger partial charge in [0.15, 0.2) is 0 Å². The maximum absolute atomic E-state index is 14.4. The first-order valence-corrected chi connectivity index (χ1v) is 29.9. The summed E-state index contributed by atoms with van der Waals surface area (Å²) >= 11 is -4.33. The number of hydrogen-bond donors (Lipinski definition) is 0. The molecule has 0 radical (unpaired) electrons. The van der Waals surface area contributed by atoms with Crippen molar-refractivity contribution >= 4 is 65.0 Å². The average Bonchev–Trinajstić information content (AvgIpc) is 3.30. The van der Waals surface area contributed by atoms with Crippen molar-refractivity contribution in [1.29, 1.82) is 0 Å². The molecule has 0 bridgehead atoms. The van der Waals surface area contributed by atoms with E-state index in [-0.39, 0.29) is 0 Å². The zero-order valence-corrected chi connectivity index (χ0v) is 39.1. The fraction of sp³-hybridized carbons (Fsp3) is 0.0943. The van der Waals surface area contributed by atoms with Crippen LogP contribution in [0.25, 0.3) is 11.1 Å². The number of benzene rings is 8. The van der Waals surface area contributed by atoms with Crippen LogP contribution < -0.4 is 44.1 Å². The molecule has 1 unspecified atom stereocenters. The van der Waals surface area contributed by atoms with Gasteiger partial charge in [-0.3, -0.25) is 0 Å². The van der Waals surface area contributed by atoms with Crippen molar-refractivity contribution in [1.82, 2.24) is 0 Å². The van der Waals surface area contributed by atoms with Crippen molar-refractivity contribution in [3.63, 3.8) is 0 Å². The van der Waals surface area contributed by atoms with Gasteiger partial charge in [-0.25, -0.2) is 0 Å². The molecule has 0 aliphatic carbocycles. The van der Waals surface area contributed by atoms with Crippen LogP contribution in [0.2, 0.25) is 0 Å². The van der Waals surface area contributed by atoms with Crippen LogP contribution in [0.1, 0.15) is 25.0 Å². The second-order valence-electron chi connectivity index (χ2n) is 16.0. The number of rotatable bonds is 9. The van der Waals surface area contributed by atoms with Gasteiger partial charge in [-0.05, 0) is 0 Å². The van der Waals surface area contributed by atoms with Crippen LogP contribution in [0, 0.1) is 0 Å². The predicted molar refractivity (Wildman–Crippen MR) is 260 cm³/mol. The SMILES string of the molecule is C[N]1c2ccccc2-c2cccc[c]2[Pd]1([O]S(C)(=O)=O)[PH](c1ccccc1)(c1ccccc1)c1cccc2c1Oc1c(P(c3ccccc3)c3ccccc3)cccc1C2(C)C. The molecule has 0 saturated carbocycles. The number of nitrogens with zero attached hydrogens (tertiary/aromatic N) is 1. The molecule has 62 heavy (non-hydrogen) atoms. The Morgan fingerprint density at radius 2 is 1.05 bits per heavy atom. The Hall–Kier alpha value is -5.21. The fourth-order valence-corrected chi connectivity index (χ4v) is 39.2. The van der Waals surface area contributed by atoms with E-state index in [4.69, 9.17) is 7.64 Å². The van der Waals surface area contributed by atoms with Gasteiger partial charge >= 0.3 is 373 Å². The van der Waals surface area contributed by atoms with Crippen molar-refractivity contribution in [3.8, 4) is 22.6 Å². The number of fused-ring (bicyclic) bond motifs is 5. The molecule has 314 valence electrons. The summed E-state index contributed by atoms with van der Waals surface area (Å²) in [6, 6.07) is 72.5. The summed E-state index contributed by atoms with van der Waals surface area (Å²) in [4.78, 5) is 0. The molecular formula is C53H47NO4P2PdS. The molecule has 0 spiro atoms. The molecule has 2 heterocycles. The molecule has 8 aromatic carbocycles. The molecule has 10 rings (SSSR count). The van der Waals surface area contributed by atoms with Crippen LogP contribution in [0.3, 0.4) is 0 Å². The average molecular weight is 962 g/mol. The minimum absolute atomic E-state index is 0.506. The van der Waals surface area contributed by atoms with E-state index in [0.29, 0.717) is 0 Å². The van der Waals surface area contributed by atoms with Gasteiger partial charge in [-0.2, -0.15) is 0 Å². The normalized spacial score (nSPS) is 17.7. The molecule has 2 aliphatic rings. The summed E-state index contributed by atoms with van der Waals surface area (Å²) < 4.78 is 47.1. The first-order chi connectivity index (χ1) is 30.1. The van der Waals surface area contributed by atoms with Crippen LogP contribution in [-0.4, -0.2) is 21.7 Å². The van der Waals surface area contributed by atoms with Crippen LogP contribution >= 0.6 is 13.4 Å². The van der Waals surface area contributed by atoms with Crippen molar-refractivity contribution in [3.05, 3.63) is 217 Å². The Bertz CT molecular complexity index is 2980. The van der Waals surface area contributed by atoms with Crippen molar-refractivity contribution in [2.24, 2.45) is 0 Å². The monoisotopic (exact) mass is 961 g/mol. The van der Waals surface area contributed by atoms with Crippen molar-refractivity contribution in [2.75, 3.05) is 16.8 Å². The van der Waals surface area contributed by atoms with E-state index in [1.807, 2.05) is 36.4 Å². The second-order valence-corrected chi connectivity index (χ2v) is 33.3. The van der Waals surface area contributed by atoms with E-state index in [0.717, 1.165) is 64.7 Å². The maximum atomic E-state index is 14.4. The molecule has 0 N–H and O–H groups in total. The van der Waals surface area contributed by atoms with Gasteiger partial charge in [0.25, 0.3) is 0 Å². The van der Waals surface area contributed by atoms with Crippen molar-refractivity contribution in [2.45, 2.75) is 19.3 Å². The van der Waals surface area contributed by atoms with Gasteiger partial charge in [0.05, 0.1) is 0 Å². The third-order valence-corrected chi connectivity index (χ3v) is 36.7. The topological polar surface area (TPSA) is 55.8 Å². The molecule has 8 aromatic rings. The predicted octanol–water partition coefficient (Wildman–Crippen LogP) is 9.22. The zero-order chi connectivity index (χ0) is 42.7. The summed E-state index contributed by atoms with van der Waals surface area (Å²) in [5.41, 5.74) is 0.767. The quantitative estimate of drug-likeness (QED) is 0.107. The van der Waals surface area contributed by atoms with Crippen LogP contribution in [0.4, 0.5) is 5.69 Å². The first-order valence-electron chi connectivity index (χ1n) is 20.5. The van der Waals surface area contributed by atoms with E-state index >= 15 is 0 Å². The standard InChI is InChI=1S/C39H32OP2.C13H11N.CH4O3S.Pd/c1-39(2)33-25-15-27-35(41(29-17-7-3-8-18-29)30-19-9-4-10-20-30)37(33)40-38-34(39)26-16-28-36(38)42(31-21-11-5-12-22-31)32-23-13-6-14-24-32;1-14-13-10-6-5-9-12(13)11-7-3-2-4-8-11;1-5(2,3)4;/h3-28H,1-2H3;2-7,9-10H,1H3;1H3,(H,2,3,4);/q;-1;;+1. The minimum atomic E-state index is -4.33. The summed E-state index contributed by atoms with van der Waals surface area (Å²) in [6.07, 6.45) is 1.22. The van der Waals surface area contributed by atoms with Crippen molar-refractivity contribution < 1.29 is 31.7 Å². The Morgan fingerprint density at radius 3 is 1.63 bits per heavy atom. The van der Waals surface area contributed by atoms with E-state index < -0.39 is 44.6 Å². The summed E-state index contributed by atoms with van der Waals surface area (Å²) in [5.74, 6) is 1.62. The van der Waals surface area contributed by atoms with Gasteiger partial charge in [0.2, 0.25) is 0 Å². The number of para-hydroxylation sites is 3. The van der Waals surface area contributed by atoms with Gasteiger partial charge in [-0.1, -0.05) is 0 Å². The summed E-state index contributed by atoms with van der Waals surface area (Å²) in [5, 5.41) is 6.64. The van der Waals surface area contributed by atoms with Gasteiger partial charge in [0, 0.05) is 0 Å².